The number of fused-ring (bicyclic) bond motifs is 1. The fourth-order valence-electron chi connectivity index (χ4n) is 2.43. The van der Waals surface area contributed by atoms with Crippen LogP contribution in [0.4, 0.5) is 0 Å². The second-order valence-corrected chi connectivity index (χ2v) is 6.20. The van der Waals surface area contributed by atoms with E-state index in [0.717, 1.165) is 37.2 Å². The Balaban J connectivity index is 2.14. The third kappa shape index (κ3) is 4.32. The average Bonchev–Trinajstić information content (AvgIpc) is 2.91. The first-order chi connectivity index (χ1) is 10.1. The monoisotopic (exact) mass is 289 g/mol. The van der Waals surface area contributed by atoms with Crippen molar-refractivity contribution >= 4 is 11.0 Å². The lowest BCUT2D eigenvalue weighted by Crippen LogP contribution is -2.27. The van der Waals surface area contributed by atoms with Gasteiger partial charge in [0.2, 0.25) is 0 Å². The van der Waals surface area contributed by atoms with E-state index in [-0.39, 0.29) is 11.6 Å². The quantitative estimate of drug-likeness (QED) is 0.766. The number of methoxy groups -OCH3 is 1. The molecule has 1 aromatic carbocycles. The summed E-state index contributed by atoms with van der Waals surface area (Å²) in [6.07, 6.45) is 3.10. The fourth-order valence-corrected chi connectivity index (χ4v) is 2.43. The Hall–Kier alpha value is -1.32. The van der Waals surface area contributed by atoms with Gasteiger partial charge in [0.1, 0.15) is 11.3 Å². The molecule has 0 amide bonds. The van der Waals surface area contributed by atoms with E-state index in [1.54, 1.807) is 7.11 Å². The van der Waals surface area contributed by atoms with E-state index in [1.807, 2.05) is 18.2 Å². The maximum atomic E-state index is 6.02. The maximum absolute atomic E-state index is 6.02. The third-order valence-corrected chi connectivity index (χ3v) is 4.02. The fraction of sp³-hybridized carbons (Fsp3) is 0.556. The molecule has 2 rings (SSSR count). The minimum atomic E-state index is -0.0990. The molecule has 0 bridgehead atoms. The molecule has 0 radical (unpaired) electrons. The van der Waals surface area contributed by atoms with Crippen molar-refractivity contribution in [1.82, 2.24) is 5.32 Å². The molecule has 0 aliphatic rings. The zero-order valence-corrected chi connectivity index (χ0v) is 13.6. The first kappa shape index (κ1) is 16.1. The van der Waals surface area contributed by atoms with Crippen LogP contribution in [0.3, 0.4) is 0 Å². The van der Waals surface area contributed by atoms with Crippen molar-refractivity contribution in [3.63, 3.8) is 0 Å². The molecule has 0 saturated carbocycles. The van der Waals surface area contributed by atoms with Gasteiger partial charge in [-0.25, -0.2) is 0 Å². The van der Waals surface area contributed by atoms with Gasteiger partial charge in [0.15, 0.2) is 0 Å². The van der Waals surface area contributed by atoms with Gasteiger partial charge in [-0.05, 0) is 51.8 Å². The van der Waals surface area contributed by atoms with Crippen molar-refractivity contribution < 1.29 is 9.15 Å². The van der Waals surface area contributed by atoms with Crippen LogP contribution in [0.5, 0.6) is 0 Å². The normalized spacial score (nSPS) is 13.7. The van der Waals surface area contributed by atoms with Crippen LogP contribution in [0.2, 0.25) is 0 Å². The van der Waals surface area contributed by atoms with Gasteiger partial charge in [0.25, 0.3) is 0 Å². The van der Waals surface area contributed by atoms with Crippen LogP contribution in [0.1, 0.15) is 51.8 Å². The van der Waals surface area contributed by atoms with Crippen LogP contribution >= 0.6 is 0 Å². The number of rotatable bonds is 8. The lowest BCUT2D eigenvalue weighted by atomic mass is 9.97. The molecule has 3 heteroatoms. The molecule has 1 heterocycles. The predicted octanol–water partition coefficient (Wildman–Crippen LogP) is 4.68. The van der Waals surface area contributed by atoms with E-state index >= 15 is 0 Å². The largest absolute Gasteiger partial charge is 0.459 e. The first-order valence-corrected chi connectivity index (χ1v) is 7.83. The maximum Gasteiger partial charge on any atom is 0.134 e. The van der Waals surface area contributed by atoms with Crippen molar-refractivity contribution in [1.29, 1.82) is 0 Å². The summed E-state index contributed by atoms with van der Waals surface area (Å²) in [7, 11) is 1.77. The minimum absolute atomic E-state index is 0.0990. The molecule has 21 heavy (non-hydrogen) atoms. The van der Waals surface area contributed by atoms with Gasteiger partial charge in [-0.2, -0.15) is 0 Å². The van der Waals surface area contributed by atoms with E-state index in [2.05, 4.69) is 38.2 Å². The molecule has 1 aromatic heterocycles. The highest BCUT2D eigenvalue weighted by Crippen LogP contribution is 2.29. The molecule has 3 nitrogen and oxygen atoms in total. The zero-order chi connectivity index (χ0) is 15.3. The molecule has 0 aliphatic heterocycles. The first-order valence-electron chi connectivity index (χ1n) is 7.83. The van der Waals surface area contributed by atoms with Gasteiger partial charge in [-0.1, -0.05) is 25.1 Å². The number of ether oxygens (including phenoxy) is 1. The van der Waals surface area contributed by atoms with Gasteiger partial charge < -0.3 is 14.5 Å². The molecule has 116 valence electrons. The van der Waals surface area contributed by atoms with Gasteiger partial charge in [-0.15, -0.1) is 0 Å². The minimum Gasteiger partial charge on any atom is -0.459 e. The summed E-state index contributed by atoms with van der Waals surface area (Å²) >= 11 is 0. The molecule has 2 aromatic rings. The van der Waals surface area contributed by atoms with Crippen LogP contribution < -0.4 is 5.32 Å². The summed E-state index contributed by atoms with van der Waals surface area (Å²) in [6.45, 7) is 7.43. The topological polar surface area (TPSA) is 34.4 Å². The van der Waals surface area contributed by atoms with Gasteiger partial charge in [-0.3, -0.25) is 0 Å². The van der Waals surface area contributed by atoms with Crippen molar-refractivity contribution in [2.75, 3.05) is 13.7 Å². The number of nitrogens with one attached hydrogen (secondary N) is 1. The molecule has 1 N–H and O–H groups in total. The van der Waals surface area contributed by atoms with Crippen LogP contribution in [-0.4, -0.2) is 19.3 Å². The highest BCUT2D eigenvalue weighted by Gasteiger charge is 2.22. The summed E-state index contributed by atoms with van der Waals surface area (Å²) in [5, 5.41) is 4.76. The number of hydrogen-bond acceptors (Lipinski definition) is 3. The van der Waals surface area contributed by atoms with Gasteiger partial charge in [0, 0.05) is 12.5 Å². The highest BCUT2D eigenvalue weighted by molar-refractivity contribution is 5.77. The second kappa shape index (κ2) is 7.10. The van der Waals surface area contributed by atoms with E-state index in [9.17, 15) is 0 Å². The Bertz CT molecular complexity index is 526. The van der Waals surface area contributed by atoms with Crippen LogP contribution in [0.15, 0.2) is 34.7 Å². The molecular weight excluding hydrogens is 262 g/mol. The molecular formula is C18H27NO2. The molecule has 0 aliphatic carbocycles. The molecule has 1 unspecified atom stereocenters. The lowest BCUT2D eigenvalue weighted by Gasteiger charge is -2.25. The number of benzene rings is 1. The third-order valence-electron chi connectivity index (χ3n) is 4.02. The summed E-state index contributed by atoms with van der Waals surface area (Å²) in [4.78, 5) is 0. The predicted molar refractivity (Wildman–Crippen MR) is 87.6 cm³/mol. The Morgan fingerprint density at radius 1 is 1.29 bits per heavy atom. The van der Waals surface area contributed by atoms with E-state index in [1.165, 1.54) is 5.39 Å². The molecule has 1 atom stereocenters. The van der Waals surface area contributed by atoms with Crippen LogP contribution in [-0.2, 0) is 4.74 Å². The van der Waals surface area contributed by atoms with Crippen LogP contribution in [0, 0.1) is 0 Å². The van der Waals surface area contributed by atoms with Crippen molar-refractivity contribution in [3.8, 4) is 0 Å². The molecule has 0 saturated heterocycles. The Labute approximate surface area is 127 Å². The second-order valence-electron chi connectivity index (χ2n) is 6.20. The summed E-state index contributed by atoms with van der Waals surface area (Å²) in [6, 6.07) is 10.6. The standard InChI is InChI=1S/C18H27NO2/c1-5-12-19-15(10-11-18(2,3)20-4)17-13-14-8-6-7-9-16(14)21-17/h6-9,13,15,19H,5,10-12H2,1-4H3. The van der Waals surface area contributed by atoms with E-state index in [0.29, 0.717) is 0 Å². The SMILES string of the molecule is CCCNC(CCC(C)(C)OC)c1cc2ccccc2o1. The van der Waals surface area contributed by atoms with Gasteiger partial charge >= 0.3 is 0 Å². The number of hydrogen-bond donors (Lipinski definition) is 1. The zero-order valence-electron chi connectivity index (χ0n) is 13.6. The summed E-state index contributed by atoms with van der Waals surface area (Å²) in [5.74, 6) is 1.02. The molecule has 0 fully saturated rings. The lowest BCUT2D eigenvalue weighted by molar-refractivity contribution is 0.0112. The van der Waals surface area contributed by atoms with Crippen molar-refractivity contribution in [2.45, 2.75) is 51.7 Å². The molecule has 0 spiro atoms. The Morgan fingerprint density at radius 3 is 2.71 bits per heavy atom. The summed E-state index contributed by atoms with van der Waals surface area (Å²) < 4.78 is 11.6. The summed E-state index contributed by atoms with van der Waals surface area (Å²) in [5.41, 5.74) is 0.861. The number of furan rings is 1. The van der Waals surface area contributed by atoms with Crippen molar-refractivity contribution in [3.05, 3.63) is 36.1 Å². The Kier molecular flexibility index (Phi) is 5.43. The van der Waals surface area contributed by atoms with Crippen molar-refractivity contribution in [2.24, 2.45) is 0 Å². The Morgan fingerprint density at radius 2 is 2.05 bits per heavy atom. The average molecular weight is 289 g/mol. The highest BCUT2D eigenvalue weighted by atomic mass is 16.5. The van der Waals surface area contributed by atoms with Gasteiger partial charge in [0.05, 0.1) is 11.6 Å². The van der Waals surface area contributed by atoms with E-state index in [4.69, 9.17) is 9.15 Å². The van der Waals surface area contributed by atoms with Crippen LogP contribution in [0.25, 0.3) is 11.0 Å². The smallest absolute Gasteiger partial charge is 0.134 e. The number of para-hydroxylation sites is 1. The van der Waals surface area contributed by atoms with E-state index < -0.39 is 0 Å².